The molecule has 0 unspecified atom stereocenters. The van der Waals surface area contributed by atoms with Gasteiger partial charge in [0.15, 0.2) is 0 Å². The summed E-state index contributed by atoms with van der Waals surface area (Å²) in [6.45, 7) is 0.476. The zero-order valence-electron chi connectivity index (χ0n) is 10.2. The Kier molecular flexibility index (Phi) is 4.82. The number of benzene rings is 1. The lowest BCUT2D eigenvalue weighted by atomic mass is 10.2. The van der Waals surface area contributed by atoms with Crippen LogP contribution in [0.2, 0.25) is 0 Å². The second kappa shape index (κ2) is 6.81. The summed E-state index contributed by atoms with van der Waals surface area (Å²) in [5.74, 6) is 0. The minimum Gasteiger partial charge on any atom is -0.396 e. The Balaban J connectivity index is 1.93. The van der Waals surface area contributed by atoms with Crippen LogP contribution in [-0.2, 0) is 0 Å². The van der Waals surface area contributed by atoms with Gasteiger partial charge in [0, 0.05) is 18.7 Å². The number of nitrogens with zero attached hydrogens (tertiary/aromatic N) is 2. The van der Waals surface area contributed by atoms with Crippen molar-refractivity contribution < 1.29 is 9.90 Å². The molecule has 7 heteroatoms. The van der Waals surface area contributed by atoms with Gasteiger partial charge in [0.2, 0.25) is 5.13 Å². The van der Waals surface area contributed by atoms with Crippen LogP contribution in [0.1, 0.15) is 6.42 Å². The quantitative estimate of drug-likeness (QED) is 0.727. The molecule has 2 amide bonds. The Morgan fingerprint density at radius 1 is 1.26 bits per heavy atom. The Hall–Kier alpha value is -1.99. The van der Waals surface area contributed by atoms with Crippen molar-refractivity contribution in [1.82, 2.24) is 15.5 Å². The minimum absolute atomic E-state index is 0.0528. The topological polar surface area (TPSA) is 87.1 Å². The maximum Gasteiger partial charge on any atom is 0.321 e. The van der Waals surface area contributed by atoms with E-state index in [1.807, 2.05) is 30.3 Å². The smallest absolute Gasteiger partial charge is 0.321 e. The van der Waals surface area contributed by atoms with Crippen LogP contribution in [0.4, 0.5) is 9.93 Å². The van der Waals surface area contributed by atoms with Gasteiger partial charge >= 0.3 is 6.03 Å². The van der Waals surface area contributed by atoms with E-state index in [-0.39, 0.29) is 12.6 Å². The van der Waals surface area contributed by atoms with Crippen LogP contribution < -0.4 is 10.6 Å². The maximum atomic E-state index is 11.5. The molecule has 2 aromatic rings. The number of urea groups is 1. The summed E-state index contributed by atoms with van der Waals surface area (Å²) in [4.78, 5) is 11.5. The molecule has 1 aromatic carbocycles. The molecule has 0 saturated carbocycles. The monoisotopic (exact) mass is 278 g/mol. The highest BCUT2D eigenvalue weighted by atomic mass is 32.1. The van der Waals surface area contributed by atoms with Crippen molar-refractivity contribution in [2.24, 2.45) is 0 Å². The van der Waals surface area contributed by atoms with Gasteiger partial charge in [-0.3, -0.25) is 5.32 Å². The van der Waals surface area contributed by atoms with Crippen LogP contribution in [0.15, 0.2) is 30.3 Å². The first-order valence-corrected chi connectivity index (χ1v) is 6.66. The highest BCUT2D eigenvalue weighted by molar-refractivity contribution is 7.18. The minimum atomic E-state index is -0.343. The Bertz CT molecular complexity index is 530. The van der Waals surface area contributed by atoms with Gasteiger partial charge < -0.3 is 10.4 Å². The van der Waals surface area contributed by atoms with Crippen LogP contribution in [0, 0.1) is 0 Å². The molecule has 0 aliphatic heterocycles. The third kappa shape index (κ3) is 4.01. The van der Waals surface area contributed by atoms with Gasteiger partial charge in [-0.2, -0.15) is 0 Å². The number of amides is 2. The molecule has 0 aliphatic rings. The first-order valence-electron chi connectivity index (χ1n) is 5.84. The molecular weight excluding hydrogens is 264 g/mol. The van der Waals surface area contributed by atoms with E-state index in [1.54, 1.807) is 0 Å². The zero-order valence-corrected chi connectivity index (χ0v) is 11.0. The molecule has 0 fully saturated rings. The number of aromatic nitrogens is 2. The third-order valence-corrected chi connectivity index (χ3v) is 3.17. The summed E-state index contributed by atoms with van der Waals surface area (Å²) in [5, 5.41) is 23.0. The largest absolute Gasteiger partial charge is 0.396 e. The third-order valence-electron chi connectivity index (χ3n) is 2.29. The molecule has 2 rings (SSSR count). The van der Waals surface area contributed by atoms with Gasteiger partial charge in [0.05, 0.1) is 0 Å². The van der Waals surface area contributed by atoms with E-state index in [2.05, 4.69) is 20.8 Å². The normalized spacial score (nSPS) is 10.2. The average Bonchev–Trinajstić information content (AvgIpc) is 2.88. The standard InChI is InChI=1S/C12H14N4O2S/c17-8-4-7-13-11(18)14-12-16-15-10(19-12)9-5-2-1-3-6-9/h1-3,5-6,17H,4,7-8H2,(H2,13,14,16,18). The number of carbonyl (C=O) groups is 1. The SMILES string of the molecule is O=C(NCCCO)Nc1nnc(-c2ccccc2)s1. The van der Waals surface area contributed by atoms with Gasteiger partial charge in [-0.25, -0.2) is 4.79 Å². The van der Waals surface area contributed by atoms with Crippen LogP contribution in [0.3, 0.4) is 0 Å². The molecule has 6 nitrogen and oxygen atoms in total. The molecule has 0 radical (unpaired) electrons. The second-order valence-electron chi connectivity index (χ2n) is 3.74. The number of aliphatic hydroxyl groups excluding tert-OH is 1. The van der Waals surface area contributed by atoms with E-state index in [1.165, 1.54) is 11.3 Å². The van der Waals surface area contributed by atoms with E-state index < -0.39 is 0 Å². The van der Waals surface area contributed by atoms with E-state index in [0.29, 0.717) is 18.1 Å². The van der Waals surface area contributed by atoms with Gasteiger partial charge in [0.25, 0.3) is 0 Å². The molecule has 0 atom stereocenters. The highest BCUT2D eigenvalue weighted by Gasteiger charge is 2.08. The molecule has 1 aromatic heterocycles. The van der Waals surface area contributed by atoms with Crippen LogP contribution in [-0.4, -0.2) is 34.5 Å². The van der Waals surface area contributed by atoms with Crippen molar-refractivity contribution in [2.45, 2.75) is 6.42 Å². The van der Waals surface area contributed by atoms with Crippen LogP contribution in [0.25, 0.3) is 10.6 Å². The van der Waals surface area contributed by atoms with Gasteiger partial charge in [-0.05, 0) is 6.42 Å². The van der Waals surface area contributed by atoms with Crippen molar-refractivity contribution >= 4 is 22.5 Å². The summed E-state index contributed by atoms with van der Waals surface area (Å²) >= 11 is 1.31. The van der Waals surface area contributed by atoms with Crippen LogP contribution in [0.5, 0.6) is 0 Å². The number of rotatable bonds is 5. The molecule has 0 aliphatic carbocycles. The molecule has 0 saturated heterocycles. The molecule has 0 spiro atoms. The fourth-order valence-electron chi connectivity index (χ4n) is 1.39. The predicted octanol–water partition coefficient (Wildman–Crippen LogP) is 1.71. The first kappa shape index (κ1) is 13.4. The lowest BCUT2D eigenvalue weighted by molar-refractivity contribution is 0.249. The fourth-order valence-corrected chi connectivity index (χ4v) is 2.14. The Labute approximate surface area is 114 Å². The van der Waals surface area contributed by atoms with E-state index >= 15 is 0 Å². The molecule has 19 heavy (non-hydrogen) atoms. The van der Waals surface area contributed by atoms with E-state index in [9.17, 15) is 4.79 Å². The van der Waals surface area contributed by atoms with Crippen molar-refractivity contribution in [3.8, 4) is 10.6 Å². The summed E-state index contributed by atoms with van der Waals surface area (Å²) in [7, 11) is 0. The van der Waals surface area contributed by atoms with Gasteiger partial charge in [-0.1, -0.05) is 41.7 Å². The fraction of sp³-hybridized carbons (Fsp3) is 0.250. The zero-order chi connectivity index (χ0) is 13.5. The van der Waals surface area contributed by atoms with Crippen molar-refractivity contribution in [2.75, 3.05) is 18.5 Å². The lowest BCUT2D eigenvalue weighted by Gasteiger charge is -2.02. The number of hydrogen-bond donors (Lipinski definition) is 3. The van der Waals surface area contributed by atoms with E-state index in [0.717, 1.165) is 10.6 Å². The summed E-state index contributed by atoms with van der Waals surface area (Å²) < 4.78 is 0. The number of carbonyl (C=O) groups excluding carboxylic acids is 1. The summed E-state index contributed by atoms with van der Waals surface area (Å²) in [6, 6.07) is 9.30. The lowest BCUT2D eigenvalue weighted by Crippen LogP contribution is -2.29. The van der Waals surface area contributed by atoms with Crippen LogP contribution >= 0.6 is 11.3 Å². The number of hydrogen-bond acceptors (Lipinski definition) is 5. The van der Waals surface area contributed by atoms with Gasteiger partial charge in [0.1, 0.15) is 5.01 Å². The summed E-state index contributed by atoms with van der Waals surface area (Å²) in [5.41, 5.74) is 0.966. The number of anilines is 1. The Morgan fingerprint density at radius 3 is 2.79 bits per heavy atom. The second-order valence-corrected chi connectivity index (χ2v) is 4.71. The average molecular weight is 278 g/mol. The first-order chi connectivity index (χ1) is 9.29. The molecule has 1 heterocycles. The number of aliphatic hydroxyl groups is 1. The van der Waals surface area contributed by atoms with Crippen molar-refractivity contribution in [3.63, 3.8) is 0 Å². The molecule has 100 valence electrons. The van der Waals surface area contributed by atoms with Gasteiger partial charge in [-0.15, -0.1) is 10.2 Å². The maximum absolute atomic E-state index is 11.5. The van der Waals surface area contributed by atoms with Crippen molar-refractivity contribution in [3.05, 3.63) is 30.3 Å². The summed E-state index contributed by atoms with van der Waals surface area (Å²) in [6.07, 6.45) is 0.527. The molecule has 0 bridgehead atoms. The van der Waals surface area contributed by atoms with Crippen molar-refractivity contribution in [1.29, 1.82) is 0 Å². The van der Waals surface area contributed by atoms with E-state index in [4.69, 9.17) is 5.11 Å². The number of nitrogens with one attached hydrogen (secondary N) is 2. The molecular formula is C12H14N4O2S. The molecule has 3 N–H and O–H groups in total. The Morgan fingerprint density at radius 2 is 2.05 bits per heavy atom. The highest BCUT2D eigenvalue weighted by Crippen LogP contribution is 2.25. The predicted molar refractivity (Wildman–Crippen MR) is 74.1 cm³/mol.